The second-order valence-electron chi connectivity index (χ2n) is 8.04. The van der Waals surface area contributed by atoms with Crippen molar-refractivity contribution in [2.45, 2.75) is 12.8 Å². The number of aromatic amines is 1. The third-order valence-corrected chi connectivity index (χ3v) is 6.93. The maximum Gasteiger partial charge on any atom is 0.295 e. The predicted molar refractivity (Wildman–Crippen MR) is 133 cm³/mol. The van der Waals surface area contributed by atoms with Crippen molar-refractivity contribution >= 4 is 39.5 Å². The SMILES string of the molecule is COc1cnc(-c2nccs2)c2[nH]cc(C(=O)C(=O)N3CCC(=C(C#N)c4ccccc4)CC3)c12. The van der Waals surface area contributed by atoms with E-state index >= 15 is 0 Å². The van der Waals surface area contributed by atoms with Crippen LogP contribution in [0.15, 0.2) is 59.9 Å². The van der Waals surface area contributed by atoms with E-state index in [-0.39, 0.29) is 5.56 Å². The molecule has 0 unspecified atom stereocenters. The highest BCUT2D eigenvalue weighted by Crippen LogP contribution is 2.35. The summed E-state index contributed by atoms with van der Waals surface area (Å²) in [6.07, 6.45) is 5.85. The number of likely N-dealkylation sites (tertiary alicyclic amines) is 1. The molecule has 8 nitrogen and oxygen atoms in total. The Hall–Kier alpha value is -4.29. The molecule has 5 rings (SSSR count). The van der Waals surface area contributed by atoms with Gasteiger partial charge in [0.25, 0.3) is 11.7 Å². The van der Waals surface area contributed by atoms with Gasteiger partial charge in [-0.3, -0.25) is 9.59 Å². The van der Waals surface area contributed by atoms with Crippen LogP contribution < -0.4 is 4.74 Å². The Morgan fingerprint density at radius 1 is 1.17 bits per heavy atom. The third-order valence-electron chi connectivity index (χ3n) is 6.15. The first-order chi connectivity index (χ1) is 17.1. The molecule has 4 heterocycles. The van der Waals surface area contributed by atoms with E-state index in [4.69, 9.17) is 4.74 Å². The van der Waals surface area contributed by atoms with Gasteiger partial charge in [0.1, 0.15) is 16.5 Å². The van der Waals surface area contributed by atoms with Crippen LogP contribution in [-0.4, -0.2) is 51.7 Å². The second kappa shape index (κ2) is 9.52. The average molecular weight is 484 g/mol. The van der Waals surface area contributed by atoms with Gasteiger partial charge in [0.05, 0.1) is 41.4 Å². The zero-order chi connectivity index (χ0) is 24.4. The van der Waals surface area contributed by atoms with E-state index in [1.165, 1.54) is 24.6 Å². The predicted octanol–water partition coefficient (Wildman–Crippen LogP) is 4.48. The molecule has 0 atom stereocenters. The molecule has 1 amide bonds. The number of nitriles is 1. The summed E-state index contributed by atoms with van der Waals surface area (Å²) in [5, 5.41) is 12.8. The van der Waals surface area contributed by atoms with Crippen molar-refractivity contribution in [3.63, 3.8) is 0 Å². The first kappa shape index (κ1) is 22.5. The van der Waals surface area contributed by atoms with Gasteiger partial charge in [-0.25, -0.2) is 9.97 Å². The van der Waals surface area contributed by atoms with Crippen LogP contribution in [0.5, 0.6) is 5.75 Å². The smallest absolute Gasteiger partial charge is 0.295 e. The number of thiazole rings is 1. The molecule has 0 bridgehead atoms. The fourth-order valence-corrected chi connectivity index (χ4v) is 5.03. The number of fused-ring (bicyclic) bond motifs is 1. The molecular weight excluding hydrogens is 462 g/mol. The minimum Gasteiger partial charge on any atom is -0.494 e. The lowest BCUT2D eigenvalue weighted by atomic mass is 9.93. The topological polar surface area (TPSA) is 112 Å². The van der Waals surface area contributed by atoms with E-state index in [1.54, 1.807) is 17.3 Å². The highest BCUT2D eigenvalue weighted by atomic mass is 32.1. The third kappa shape index (κ3) is 4.09. The molecule has 1 fully saturated rings. The normalized spacial score (nSPS) is 13.5. The van der Waals surface area contributed by atoms with Gasteiger partial charge >= 0.3 is 0 Å². The van der Waals surface area contributed by atoms with Gasteiger partial charge in [0.2, 0.25) is 0 Å². The van der Waals surface area contributed by atoms with Gasteiger partial charge in [-0.15, -0.1) is 11.3 Å². The van der Waals surface area contributed by atoms with Crippen LogP contribution >= 0.6 is 11.3 Å². The monoisotopic (exact) mass is 483 g/mol. The number of Topliss-reactive ketones (excluding diaryl/α,β-unsaturated/α-hetero) is 1. The Morgan fingerprint density at radius 2 is 1.94 bits per heavy atom. The summed E-state index contributed by atoms with van der Waals surface area (Å²) >= 11 is 1.43. The Labute approximate surface area is 205 Å². The van der Waals surface area contributed by atoms with E-state index in [0.29, 0.717) is 58.9 Å². The molecule has 0 aliphatic carbocycles. The van der Waals surface area contributed by atoms with E-state index in [0.717, 1.165) is 11.1 Å². The van der Waals surface area contributed by atoms with Crippen LogP contribution in [0.3, 0.4) is 0 Å². The molecule has 1 saturated heterocycles. The van der Waals surface area contributed by atoms with Crippen LogP contribution in [0.1, 0.15) is 28.8 Å². The molecule has 1 aliphatic rings. The molecule has 9 heteroatoms. The summed E-state index contributed by atoms with van der Waals surface area (Å²) in [5.74, 6) is -0.775. The fraction of sp³-hybridized carbons (Fsp3) is 0.192. The number of hydrogen-bond acceptors (Lipinski definition) is 7. The number of amides is 1. The number of nitrogens with one attached hydrogen (secondary N) is 1. The van der Waals surface area contributed by atoms with Crippen LogP contribution in [-0.2, 0) is 4.79 Å². The molecule has 1 aliphatic heterocycles. The standard InChI is InChI=1S/C26H21N5O3S/c1-34-20-15-30-23(25-28-9-12-35-25)22-21(20)19(14-29-22)24(32)26(33)31-10-7-17(8-11-31)18(13-27)16-5-3-2-4-6-16/h2-6,9,12,14-15,29H,7-8,10-11H2,1H3. The van der Waals surface area contributed by atoms with Gasteiger partial charge in [-0.05, 0) is 24.0 Å². The Bertz CT molecular complexity index is 1470. The van der Waals surface area contributed by atoms with E-state index in [9.17, 15) is 14.9 Å². The molecule has 35 heavy (non-hydrogen) atoms. The molecule has 0 radical (unpaired) electrons. The molecule has 1 N–H and O–H groups in total. The molecular formula is C26H21N5O3S. The van der Waals surface area contributed by atoms with E-state index in [2.05, 4.69) is 21.0 Å². The summed E-state index contributed by atoms with van der Waals surface area (Å²) in [5.41, 5.74) is 3.96. The highest BCUT2D eigenvalue weighted by molar-refractivity contribution is 7.13. The number of benzene rings is 1. The van der Waals surface area contributed by atoms with Gasteiger partial charge in [0, 0.05) is 30.9 Å². The molecule has 0 saturated carbocycles. The summed E-state index contributed by atoms with van der Waals surface area (Å²) in [4.78, 5) is 39.9. The number of hydrogen-bond donors (Lipinski definition) is 1. The van der Waals surface area contributed by atoms with Crippen LogP contribution in [0.2, 0.25) is 0 Å². The van der Waals surface area contributed by atoms with Gasteiger partial charge in [0.15, 0.2) is 0 Å². The minimum absolute atomic E-state index is 0.241. The largest absolute Gasteiger partial charge is 0.494 e. The minimum atomic E-state index is -0.609. The molecule has 3 aromatic heterocycles. The lowest BCUT2D eigenvalue weighted by molar-refractivity contribution is -0.126. The first-order valence-electron chi connectivity index (χ1n) is 11.1. The summed E-state index contributed by atoms with van der Waals surface area (Å²) < 4.78 is 5.46. The van der Waals surface area contributed by atoms with Gasteiger partial charge < -0.3 is 14.6 Å². The molecule has 4 aromatic rings. The van der Waals surface area contributed by atoms with Crippen LogP contribution in [0, 0.1) is 11.3 Å². The number of carbonyl (C=O) groups excluding carboxylic acids is 2. The number of ketones is 1. The number of pyridine rings is 1. The van der Waals surface area contributed by atoms with Crippen molar-refractivity contribution in [1.82, 2.24) is 19.9 Å². The molecule has 174 valence electrons. The van der Waals surface area contributed by atoms with Crippen molar-refractivity contribution in [2.24, 2.45) is 0 Å². The van der Waals surface area contributed by atoms with Crippen molar-refractivity contribution in [2.75, 3.05) is 20.2 Å². The Kier molecular flexibility index (Phi) is 6.12. The quantitative estimate of drug-likeness (QED) is 0.255. The lowest BCUT2D eigenvalue weighted by Crippen LogP contribution is -2.40. The van der Waals surface area contributed by atoms with E-state index in [1.807, 2.05) is 35.7 Å². The maximum atomic E-state index is 13.3. The number of H-pyrrole nitrogens is 1. The summed E-state index contributed by atoms with van der Waals surface area (Å²) in [7, 11) is 1.50. The van der Waals surface area contributed by atoms with Crippen LogP contribution in [0.4, 0.5) is 0 Å². The first-order valence-corrected chi connectivity index (χ1v) is 12.0. The number of methoxy groups -OCH3 is 1. The maximum absolute atomic E-state index is 13.3. The van der Waals surface area contributed by atoms with Gasteiger partial charge in [-0.2, -0.15) is 5.26 Å². The van der Waals surface area contributed by atoms with Crippen molar-refractivity contribution in [3.8, 4) is 22.5 Å². The zero-order valence-electron chi connectivity index (χ0n) is 18.9. The number of allylic oxidation sites excluding steroid dienone is 1. The fourth-order valence-electron chi connectivity index (χ4n) is 4.40. The number of piperidine rings is 1. The average Bonchev–Trinajstić information content (AvgIpc) is 3.60. The summed E-state index contributed by atoms with van der Waals surface area (Å²) in [6, 6.07) is 11.8. The van der Waals surface area contributed by atoms with Crippen molar-refractivity contribution in [1.29, 1.82) is 5.26 Å². The van der Waals surface area contributed by atoms with Gasteiger partial charge in [-0.1, -0.05) is 30.3 Å². The molecule has 1 aromatic carbocycles. The second-order valence-corrected chi connectivity index (χ2v) is 8.94. The summed E-state index contributed by atoms with van der Waals surface area (Å²) in [6.45, 7) is 0.757. The number of nitrogens with zero attached hydrogens (tertiary/aromatic N) is 4. The lowest BCUT2D eigenvalue weighted by Gasteiger charge is -2.28. The zero-order valence-corrected chi connectivity index (χ0v) is 19.8. The Balaban J connectivity index is 1.41. The number of aromatic nitrogens is 3. The number of rotatable bonds is 5. The van der Waals surface area contributed by atoms with E-state index < -0.39 is 11.7 Å². The van der Waals surface area contributed by atoms with Crippen LogP contribution in [0.25, 0.3) is 27.2 Å². The highest BCUT2D eigenvalue weighted by Gasteiger charge is 2.30. The number of carbonyl (C=O) groups is 2. The Morgan fingerprint density at radius 3 is 2.60 bits per heavy atom. The van der Waals surface area contributed by atoms with Crippen molar-refractivity contribution in [3.05, 3.63) is 71.0 Å². The van der Waals surface area contributed by atoms with Crippen molar-refractivity contribution < 1.29 is 14.3 Å². The molecule has 0 spiro atoms. The number of ether oxygens (including phenoxy) is 1.